The first kappa shape index (κ1) is 23.5. The van der Waals surface area contributed by atoms with Gasteiger partial charge in [-0.15, -0.1) is 0 Å². The largest absolute Gasteiger partial charge is 0.485 e. The molecule has 8 atom stereocenters. The molecular weight excluding hydrogens is 450 g/mol. The number of carbonyl (C=O) groups excluding carboxylic acids is 1. The van der Waals surface area contributed by atoms with Gasteiger partial charge < -0.3 is 20.3 Å². The van der Waals surface area contributed by atoms with Crippen LogP contribution in [0.4, 0.5) is 0 Å². The first-order chi connectivity index (χ1) is 16.9. The van der Waals surface area contributed by atoms with Crippen molar-refractivity contribution in [3.05, 3.63) is 28.8 Å². The molecule has 5 nitrogen and oxygen atoms in total. The molecule has 1 aromatic rings. The fraction of sp³-hybridized carbons (Fsp3) is 0.774. The van der Waals surface area contributed by atoms with Crippen molar-refractivity contribution in [2.24, 2.45) is 40.2 Å². The summed E-state index contributed by atoms with van der Waals surface area (Å²) >= 11 is 0. The Morgan fingerprint density at radius 1 is 1.17 bits per heavy atom. The highest BCUT2D eigenvalue weighted by Gasteiger charge is 2.82. The van der Waals surface area contributed by atoms with Crippen molar-refractivity contribution in [3.8, 4) is 5.75 Å². The predicted octanol–water partition coefficient (Wildman–Crippen LogP) is 5.15. The van der Waals surface area contributed by atoms with E-state index in [9.17, 15) is 9.90 Å². The molecule has 4 bridgehead atoms. The van der Waals surface area contributed by atoms with E-state index in [0.717, 1.165) is 49.7 Å². The van der Waals surface area contributed by atoms with E-state index in [0.29, 0.717) is 11.5 Å². The maximum atomic E-state index is 12.6. The molecule has 1 aliphatic heterocycles. The van der Waals surface area contributed by atoms with Crippen LogP contribution in [0.1, 0.15) is 101 Å². The maximum Gasteiger partial charge on any atom is 0.252 e. The van der Waals surface area contributed by atoms with Gasteiger partial charge in [0.25, 0.3) is 5.91 Å². The summed E-state index contributed by atoms with van der Waals surface area (Å²) in [6, 6.07) is 4.08. The minimum absolute atomic E-state index is 0.0445. The standard InChI is InChI=1S/C31H43NO4/c1-27(2,3)28(4,34)22-16-29-12-13-31(22,35-5)26-30(29)11-10-18(14-17-6-7-17)21(29)15-19-8-9-20(25(32)33)24(36-26)23(19)30/h8-9,17-18,21-22,26,34H,6-7,10-16H2,1-5H3,(H2,32,33)/t18?,21-,22+,26+,28?,29+,30-,31-/m0/s1. The lowest BCUT2D eigenvalue weighted by molar-refractivity contribution is -0.314. The van der Waals surface area contributed by atoms with Crippen LogP contribution in [0.3, 0.4) is 0 Å². The van der Waals surface area contributed by atoms with Crippen molar-refractivity contribution in [3.63, 3.8) is 0 Å². The number of aliphatic hydroxyl groups is 1. The van der Waals surface area contributed by atoms with Crippen LogP contribution in [0.5, 0.6) is 5.75 Å². The molecule has 1 amide bonds. The first-order valence-corrected chi connectivity index (χ1v) is 14.3. The summed E-state index contributed by atoms with van der Waals surface area (Å²) in [5.74, 6) is 2.49. The Hall–Kier alpha value is -1.59. The molecule has 1 heterocycles. The fourth-order valence-corrected chi connectivity index (χ4v) is 10.4. The molecule has 7 aliphatic rings. The van der Waals surface area contributed by atoms with Crippen molar-refractivity contribution < 1.29 is 19.4 Å². The van der Waals surface area contributed by atoms with Crippen molar-refractivity contribution in [1.82, 2.24) is 0 Å². The Balaban J connectivity index is 1.49. The molecule has 0 saturated heterocycles. The quantitative estimate of drug-likeness (QED) is 0.594. The van der Waals surface area contributed by atoms with Crippen LogP contribution >= 0.6 is 0 Å². The highest BCUT2D eigenvalue weighted by Crippen LogP contribution is 2.80. The van der Waals surface area contributed by atoms with Gasteiger partial charge in [0.05, 0.1) is 11.2 Å². The molecule has 6 aliphatic carbocycles. The van der Waals surface area contributed by atoms with E-state index < -0.39 is 17.1 Å². The number of hydrogen-bond acceptors (Lipinski definition) is 4. The smallest absolute Gasteiger partial charge is 0.252 e. The molecule has 196 valence electrons. The highest BCUT2D eigenvalue weighted by molar-refractivity contribution is 5.97. The number of ether oxygens (including phenoxy) is 2. The van der Waals surface area contributed by atoms with Gasteiger partial charge in [0, 0.05) is 24.0 Å². The Bertz CT molecular complexity index is 1150. The number of amides is 1. The SMILES string of the molecule is CO[C@@]12CC[C@@]3(C[C@@H]1C(C)(O)C(C)(C)C)[C@H]1Cc4ccc(C(N)=O)c5c4[C@@]3(CCC1CC1CC1)[C@H]2O5. The Morgan fingerprint density at radius 3 is 2.56 bits per heavy atom. The number of primary amides is 1. The zero-order valence-electron chi connectivity index (χ0n) is 22.7. The van der Waals surface area contributed by atoms with Crippen LogP contribution in [-0.2, 0) is 16.6 Å². The van der Waals surface area contributed by atoms with Gasteiger partial charge >= 0.3 is 0 Å². The molecule has 5 saturated carbocycles. The topological polar surface area (TPSA) is 81.8 Å². The lowest BCUT2D eigenvalue weighted by atomic mass is 9.30. The molecule has 3 N–H and O–H groups in total. The number of rotatable bonds is 5. The van der Waals surface area contributed by atoms with Crippen LogP contribution in [0.25, 0.3) is 0 Å². The second kappa shape index (κ2) is 6.88. The van der Waals surface area contributed by atoms with Crippen LogP contribution in [0.15, 0.2) is 12.1 Å². The Labute approximate surface area is 215 Å². The van der Waals surface area contributed by atoms with E-state index in [1.54, 1.807) is 0 Å². The van der Waals surface area contributed by atoms with Gasteiger partial charge in [0.1, 0.15) is 17.5 Å². The molecule has 0 aromatic heterocycles. The molecule has 2 spiro atoms. The van der Waals surface area contributed by atoms with Crippen LogP contribution in [-0.4, -0.2) is 35.4 Å². The van der Waals surface area contributed by atoms with E-state index in [-0.39, 0.29) is 28.3 Å². The van der Waals surface area contributed by atoms with E-state index >= 15 is 0 Å². The summed E-state index contributed by atoms with van der Waals surface area (Å²) in [5.41, 5.74) is 7.12. The second-order valence-corrected chi connectivity index (χ2v) is 14.6. The third-order valence-electron chi connectivity index (χ3n) is 12.6. The van der Waals surface area contributed by atoms with E-state index in [4.69, 9.17) is 15.2 Å². The zero-order chi connectivity index (χ0) is 25.5. The monoisotopic (exact) mass is 493 g/mol. The van der Waals surface area contributed by atoms with Crippen molar-refractivity contribution in [2.45, 2.75) is 108 Å². The van der Waals surface area contributed by atoms with Crippen molar-refractivity contribution in [1.29, 1.82) is 0 Å². The van der Waals surface area contributed by atoms with E-state index in [1.165, 1.54) is 36.8 Å². The Kier molecular flexibility index (Phi) is 4.50. The average molecular weight is 494 g/mol. The van der Waals surface area contributed by atoms with Gasteiger partial charge in [-0.1, -0.05) is 39.7 Å². The predicted molar refractivity (Wildman–Crippen MR) is 138 cm³/mol. The third kappa shape index (κ3) is 2.49. The normalized spacial score (nSPS) is 43.5. The second-order valence-electron chi connectivity index (χ2n) is 14.6. The lowest BCUT2D eigenvalue weighted by Crippen LogP contribution is -2.80. The highest BCUT2D eigenvalue weighted by atomic mass is 16.6. The molecule has 8 rings (SSSR count). The molecule has 2 unspecified atom stereocenters. The van der Waals surface area contributed by atoms with Gasteiger partial charge in [-0.2, -0.15) is 0 Å². The van der Waals surface area contributed by atoms with Gasteiger partial charge in [-0.05, 0) is 92.1 Å². The molecule has 5 fully saturated rings. The lowest BCUT2D eigenvalue weighted by Gasteiger charge is -2.75. The maximum absolute atomic E-state index is 12.6. The minimum atomic E-state index is -0.927. The summed E-state index contributed by atoms with van der Waals surface area (Å²) in [6.07, 6.45) is 10.3. The molecule has 36 heavy (non-hydrogen) atoms. The summed E-state index contributed by atoms with van der Waals surface area (Å²) in [4.78, 5) is 12.6. The number of methoxy groups -OCH3 is 1. The summed E-state index contributed by atoms with van der Waals surface area (Å²) < 4.78 is 13.6. The zero-order valence-corrected chi connectivity index (χ0v) is 22.7. The Morgan fingerprint density at radius 2 is 1.92 bits per heavy atom. The number of nitrogens with two attached hydrogens (primary N) is 1. The fourth-order valence-electron chi connectivity index (χ4n) is 10.4. The molecular formula is C31H43NO4. The summed E-state index contributed by atoms with van der Waals surface area (Å²) in [6.45, 7) is 8.48. The minimum Gasteiger partial charge on any atom is -0.485 e. The third-order valence-corrected chi connectivity index (χ3v) is 12.6. The first-order valence-electron chi connectivity index (χ1n) is 14.3. The summed E-state index contributed by atoms with van der Waals surface area (Å²) in [7, 11) is 1.82. The van der Waals surface area contributed by atoms with Crippen LogP contribution in [0, 0.1) is 34.5 Å². The number of hydrogen-bond donors (Lipinski definition) is 2. The van der Waals surface area contributed by atoms with Gasteiger partial charge in [-0.3, -0.25) is 4.79 Å². The summed E-state index contributed by atoms with van der Waals surface area (Å²) in [5, 5.41) is 12.3. The van der Waals surface area contributed by atoms with Gasteiger partial charge in [0.2, 0.25) is 0 Å². The van der Waals surface area contributed by atoms with Crippen LogP contribution in [0.2, 0.25) is 0 Å². The van der Waals surface area contributed by atoms with Gasteiger partial charge in [-0.25, -0.2) is 0 Å². The number of benzene rings is 1. The van der Waals surface area contributed by atoms with Crippen molar-refractivity contribution >= 4 is 5.91 Å². The van der Waals surface area contributed by atoms with Crippen LogP contribution < -0.4 is 10.5 Å². The molecule has 5 heteroatoms. The van der Waals surface area contributed by atoms with Crippen molar-refractivity contribution in [2.75, 3.05) is 7.11 Å². The van der Waals surface area contributed by atoms with E-state index in [2.05, 4.69) is 26.8 Å². The van der Waals surface area contributed by atoms with E-state index in [1.807, 2.05) is 20.1 Å². The molecule has 0 radical (unpaired) electrons. The van der Waals surface area contributed by atoms with Gasteiger partial charge in [0.15, 0.2) is 0 Å². The number of carbonyl (C=O) groups is 1. The number of fused-ring (bicyclic) bond motifs is 2. The average Bonchev–Trinajstić information content (AvgIpc) is 3.56. The molecule has 1 aromatic carbocycles.